The molecule has 1 aromatic rings. The first kappa shape index (κ1) is 7.47. The summed E-state index contributed by atoms with van der Waals surface area (Å²) in [4.78, 5) is 10.3. The Morgan fingerprint density at radius 3 is 2.50 bits per heavy atom. The van der Waals surface area contributed by atoms with Crippen LogP contribution < -0.4 is 0 Å². The van der Waals surface area contributed by atoms with E-state index in [1.807, 2.05) is 0 Å². The number of halogens is 1. The predicted octanol–water partition coefficient (Wildman–Crippen LogP) is 2.13. The molecular weight excluding hydrogens is 155 g/mol. The van der Waals surface area contributed by atoms with Gasteiger partial charge in [-0.25, -0.2) is 4.39 Å². The summed E-state index contributed by atoms with van der Waals surface area (Å²) in [5.41, 5.74) is 1.08. The molecule has 0 saturated heterocycles. The van der Waals surface area contributed by atoms with Gasteiger partial charge in [0.05, 0.1) is 0 Å². The number of aldehydes is 1. The molecule has 0 aromatic heterocycles. The molecule has 1 aliphatic carbocycles. The van der Waals surface area contributed by atoms with Gasteiger partial charge in [-0.1, -0.05) is 12.1 Å². The fourth-order valence-electron chi connectivity index (χ4n) is 1.46. The van der Waals surface area contributed by atoms with E-state index >= 15 is 0 Å². The quantitative estimate of drug-likeness (QED) is 0.612. The Balaban J connectivity index is 2.15. The number of hydrogen-bond acceptors (Lipinski definition) is 1. The summed E-state index contributed by atoms with van der Waals surface area (Å²) in [6, 6.07) is 6.39. The van der Waals surface area contributed by atoms with E-state index in [0.29, 0.717) is 5.92 Å². The average molecular weight is 164 g/mol. The molecular formula is C10H9FO. The highest BCUT2D eigenvalue weighted by molar-refractivity contribution is 5.61. The van der Waals surface area contributed by atoms with Crippen molar-refractivity contribution in [3.05, 3.63) is 35.6 Å². The summed E-state index contributed by atoms with van der Waals surface area (Å²) in [6.07, 6.45) is 1.91. The Hall–Kier alpha value is -1.18. The van der Waals surface area contributed by atoms with E-state index in [1.165, 1.54) is 12.1 Å². The first-order chi connectivity index (χ1) is 5.81. The maximum absolute atomic E-state index is 12.5. The molecule has 2 atom stereocenters. The minimum absolute atomic E-state index is 0.176. The van der Waals surface area contributed by atoms with Crippen molar-refractivity contribution in [1.82, 2.24) is 0 Å². The van der Waals surface area contributed by atoms with Gasteiger partial charge in [0, 0.05) is 5.92 Å². The lowest BCUT2D eigenvalue weighted by atomic mass is 10.1. The van der Waals surface area contributed by atoms with Crippen molar-refractivity contribution in [3.63, 3.8) is 0 Å². The number of hydrogen-bond donors (Lipinski definition) is 0. The minimum Gasteiger partial charge on any atom is -0.303 e. The largest absolute Gasteiger partial charge is 0.303 e. The topological polar surface area (TPSA) is 17.1 Å². The number of rotatable bonds is 2. The van der Waals surface area contributed by atoms with Gasteiger partial charge in [0.1, 0.15) is 12.1 Å². The van der Waals surface area contributed by atoms with Crippen molar-refractivity contribution >= 4 is 6.29 Å². The number of carbonyl (C=O) groups is 1. The highest BCUT2D eigenvalue weighted by Gasteiger charge is 2.37. The zero-order chi connectivity index (χ0) is 8.55. The molecule has 1 saturated carbocycles. The Morgan fingerprint density at radius 1 is 1.33 bits per heavy atom. The fourth-order valence-corrected chi connectivity index (χ4v) is 1.46. The average Bonchev–Trinajstić information content (AvgIpc) is 2.85. The van der Waals surface area contributed by atoms with Crippen molar-refractivity contribution in [1.29, 1.82) is 0 Å². The molecule has 0 spiro atoms. The second-order valence-corrected chi connectivity index (χ2v) is 3.19. The molecule has 2 rings (SSSR count). The third kappa shape index (κ3) is 1.24. The molecule has 0 aliphatic heterocycles. The normalized spacial score (nSPS) is 26.8. The summed E-state index contributed by atoms with van der Waals surface area (Å²) >= 11 is 0. The fraction of sp³-hybridized carbons (Fsp3) is 0.300. The van der Waals surface area contributed by atoms with E-state index in [9.17, 15) is 9.18 Å². The summed E-state index contributed by atoms with van der Waals surface area (Å²) in [6.45, 7) is 0. The van der Waals surface area contributed by atoms with Gasteiger partial charge in [-0.3, -0.25) is 0 Å². The van der Waals surface area contributed by atoms with Gasteiger partial charge < -0.3 is 4.79 Å². The molecule has 0 bridgehead atoms. The SMILES string of the molecule is O=C[C@@H]1C[C@@H]1c1ccc(F)cc1. The highest BCUT2D eigenvalue weighted by Crippen LogP contribution is 2.45. The van der Waals surface area contributed by atoms with Gasteiger partial charge in [0.15, 0.2) is 0 Å². The molecule has 62 valence electrons. The molecule has 1 aliphatic rings. The first-order valence-electron chi connectivity index (χ1n) is 4.02. The van der Waals surface area contributed by atoms with Crippen LogP contribution in [-0.4, -0.2) is 6.29 Å². The van der Waals surface area contributed by atoms with Crippen molar-refractivity contribution in [2.24, 2.45) is 5.92 Å². The summed E-state index contributed by atoms with van der Waals surface area (Å²) in [5, 5.41) is 0. The molecule has 0 radical (unpaired) electrons. The van der Waals surface area contributed by atoms with Gasteiger partial charge in [-0.15, -0.1) is 0 Å². The summed E-state index contributed by atoms with van der Waals surface area (Å²) in [7, 11) is 0. The molecule has 1 aromatic carbocycles. The van der Waals surface area contributed by atoms with Gasteiger partial charge in [-0.2, -0.15) is 0 Å². The van der Waals surface area contributed by atoms with Crippen LogP contribution in [0.25, 0.3) is 0 Å². The van der Waals surface area contributed by atoms with Crippen LogP contribution >= 0.6 is 0 Å². The van der Waals surface area contributed by atoms with Crippen LogP contribution in [0.3, 0.4) is 0 Å². The van der Waals surface area contributed by atoms with Crippen LogP contribution in [0, 0.1) is 11.7 Å². The molecule has 0 unspecified atom stereocenters. The van der Waals surface area contributed by atoms with E-state index in [1.54, 1.807) is 12.1 Å². The van der Waals surface area contributed by atoms with Crippen LogP contribution in [0.4, 0.5) is 4.39 Å². The summed E-state index contributed by atoms with van der Waals surface area (Å²) in [5.74, 6) is 0.306. The molecule has 12 heavy (non-hydrogen) atoms. The lowest BCUT2D eigenvalue weighted by Gasteiger charge is -1.95. The van der Waals surface area contributed by atoms with Gasteiger partial charge >= 0.3 is 0 Å². The van der Waals surface area contributed by atoms with Crippen LogP contribution in [-0.2, 0) is 4.79 Å². The van der Waals surface area contributed by atoms with Crippen LogP contribution in [0.2, 0.25) is 0 Å². The molecule has 0 heterocycles. The standard InChI is InChI=1S/C10H9FO/c11-9-3-1-7(2-4-9)10-5-8(10)6-12/h1-4,6,8,10H,5H2/t8-,10+/m0/s1. The van der Waals surface area contributed by atoms with Crippen LogP contribution in [0.5, 0.6) is 0 Å². The molecule has 0 amide bonds. The number of benzene rings is 1. The second-order valence-electron chi connectivity index (χ2n) is 3.19. The highest BCUT2D eigenvalue weighted by atomic mass is 19.1. The molecule has 0 N–H and O–H groups in total. The Morgan fingerprint density at radius 2 is 2.00 bits per heavy atom. The van der Waals surface area contributed by atoms with Crippen molar-refractivity contribution < 1.29 is 9.18 Å². The third-order valence-electron chi connectivity index (χ3n) is 2.31. The molecule has 2 heteroatoms. The summed E-state index contributed by atoms with van der Waals surface area (Å²) < 4.78 is 12.5. The third-order valence-corrected chi connectivity index (χ3v) is 2.31. The van der Waals surface area contributed by atoms with E-state index < -0.39 is 0 Å². The lowest BCUT2D eigenvalue weighted by Crippen LogP contribution is -1.84. The van der Waals surface area contributed by atoms with E-state index in [2.05, 4.69) is 0 Å². The molecule has 1 fully saturated rings. The Kier molecular flexibility index (Phi) is 1.68. The van der Waals surface area contributed by atoms with Crippen LogP contribution in [0.1, 0.15) is 17.9 Å². The first-order valence-corrected chi connectivity index (χ1v) is 4.02. The zero-order valence-corrected chi connectivity index (χ0v) is 6.53. The smallest absolute Gasteiger partial charge is 0.123 e. The van der Waals surface area contributed by atoms with Crippen molar-refractivity contribution in [2.45, 2.75) is 12.3 Å². The monoisotopic (exact) mass is 164 g/mol. The van der Waals surface area contributed by atoms with Gasteiger partial charge in [0.25, 0.3) is 0 Å². The second kappa shape index (κ2) is 2.70. The van der Waals surface area contributed by atoms with Crippen molar-refractivity contribution in [3.8, 4) is 0 Å². The number of carbonyl (C=O) groups excluding carboxylic acids is 1. The van der Waals surface area contributed by atoms with Crippen molar-refractivity contribution in [2.75, 3.05) is 0 Å². The zero-order valence-electron chi connectivity index (χ0n) is 6.53. The van der Waals surface area contributed by atoms with Crippen LogP contribution in [0.15, 0.2) is 24.3 Å². The van der Waals surface area contributed by atoms with Gasteiger partial charge in [0.2, 0.25) is 0 Å². The maximum atomic E-state index is 12.5. The lowest BCUT2D eigenvalue weighted by molar-refractivity contribution is -0.108. The maximum Gasteiger partial charge on any atom is 0.123 e. The Labute approximate surface area is 70.2 Å². The van der Waals surface area contributed by atoms with E-state index in [0.717, 1.165) is 18.3 Å². The van der Waals surface area contributed by atoms with E-state index in [-0.39, 0.29) is 11.7 Å². The predicted molar refractivity (Wildman–Crippen MR) is 43.3 cm³/mol. The van der Waals surface area contributed by atoms with E-state index in [4.69, 9.17) is 0 Å². The Bertz CT molecular complexity index is 291. The molecule has 1 nitrogen and oxygen atoms in total. The van der Waals surface area contributed by atoms with Gasteiger partial charge in [-0.05, 0) is 30.0 Å². The minimum atomic E-state index is -0.220.